The van der Waals surface area contributed by atoms with Crippen molar-refractivity contribution in [2.24, 2.45) is 0 Å². The average Bonchev–Trinajstić information content (AvgIpc) is 2.38. The molecule has 2 aromatic rings. The Bertz CT molecular complexity index is 615. The van der Waals surface area contributed by atoms with E-state index in [9.17, 15) is 9.59 Å². The van der Waals surface area contributed by atoms with Crippen molar-refractivity contribution in [2.75, 3.05) is 0 Å². The fourth-order valence-electron chi connectivity index (χ4n) is 1.97. The fourth-order valence-corrected chi connectivity index (χ4v) is 1.97. The number of benzene rings is 2. The molecule has 3 heteroatoms. The molecule has 18 heavy (non-hydrogen) atoms. The van der Waals surface area contributed by atoms with Crippen molar-refractivity contribution in [3.63, 3.8) is 0 Å². The van der Waals surface area contributed by atoms with Gasteiger partial charge >= 0.3 is 5.97 Å². The standard InChI is InChI=1S/C15H12O3/c1-10-8-11(9-16)6-7-12(10)13-4-2-3-5-14(13)15(17)18/h2-9H,1H3,(H,17,18). The maximum absolute atomic E-state index is 11.2. The number of carbonyl (C=O) groups is 2. The second-order valence-corrected chi connectivity index (χ2v) is 4.04. The van der Waals surface area contributed by atoms with Crippen LogP contribution in [-0.2, 0) is 0 Å². The van der Waals surface area contributed by atoms with Crippen molar-refractivity contribution in [1.82, 2.24) is 0 Å². The van der Waals surface area contributed by atoms with Gasteiger partial charge in [-0.15, -0.1) is 0 Å². The van der Waals surface area contributed by atoms with E-state index in [2.05, 4.69) is 0 Å². The van der Waals surface area contributed by atoms with E-state index in [1.54, 1.807) is 42.5 Å². The van der Waals surface area contributed by atoms with E-state index in [0.717, 1.165) is 17.4 Å². The van der Waals surface area contributed by atoms with Crippen LogP contribution in [0.25, 0.3) is 11.1 Å². The third kappa shape index (κ3) is 2.15. The maximum atomic E-state index is 11.2. The Labute approximate surface area is 105 Å². The molecule has 0 radical (unpaired) electrons. The van der Waals surface area contributed by atoms with Crippen molar-refractivity contribution in [1.29, 1.82) is 0 Å². The molecule has 0 bridgehead atoms. The lowest BCUT2D eigenvalue weighted by atomic mass is 9.95. The van der Waals surface area contributed by atoms with Crippen LogP contribution in [0, 0.1) is 6.92 Å². The first kappa shape index (κ1) is 12.0. The first-order valence-corrected chi connectivity index (χ1v) is 5.52. The fraction of sp³-hybridized carbons (Fsp3) is 0.0667. The van der Waals surface area contributed by atoms with E-state index in [1.165, 1.54) is 0 Å². The predicted molar refractivity (Wildman–Crippen MR) is 69.0 cm³/mol. The van der Waals surface area contributed by atoms with E-state index >= 15 is 0 Å². The lowest BCUT2D eigenvalue weighted by Crippen LogP contribution is -2.00. The molecule has 0 heterocycles. The first-order valence-electron chi connectivity index (χ1n) is 5.52. The summed E-state index contributed by atoms with van der Waals surface area (Å²) in [5.41, 5.74) is 3.23. The molecule has 0 aliphatic carbocycles. The predicted octanol–water partition coefficient (Wildman–Crippen LogP) is 3.17. The van der Waals surface area contributed by atoms with Crippen LogP contribution in [0.4, 0.5) is 0 Å². The number of aryl methyl sites for hydroxylation is 1. The largest absolute Gasteiger partial charge is 0.478 e. The van der Waals surface area contributed by atoms with Crippen LogP contribution in [0.1, 0.15) is 26.3 Å². The third-order valence-corrected chi connectivity index (χ3v) is 2.83. The Kier molecular flexibility index (Phi) is 3.24. The molecule has 0 aliphatic heterocycles. The minimum absolute atomic E-state index is 0.263. The smallest absolute Gasteiger partial charge is 0.336 e. The van der Waals surface area contributed by atoms with Gasteiger partial charge in [0.25, 0.3) is 0 Å². The van der Waals surface area contributed by atoms with Crippen LogP contribution >= 0.6 is 0 Å². The SMILES string of the molecule is Cc1cc(C=O)ccc1-c1ccccc1C(=O)O. The lowest BCUT2D eigenvalue weighted by molar-refractivity contribution is 0.0697. The van der Waals surface area contributed by atoms with Gasteiger partial charge in [0.05, 0.1) is 5.56 Å². The van der Waals surface area contributed by atoms with Crippen molar-refractivity contribution < 1.29 is 14.7 Å². The summed E-state index contributed by atoms with van der Waals surface area (Å²) in [7, 11) is 0. The summed E-state index contributed by atoms with van der Waals surface area (Å²) in [6, 6.07) is 12.1. The molecule has 0 atom stereocenters. The molecule has 0 unspecified atom stereocenters. The Hall–Kier alpha value is -2.42. The molecule has 0 amide bonds. The quantitative estimate of drug-likeness (QED) is 0.838. The zero-order chi connectivity index (χ0) is 13.1. The van der Waals surface area contributed by atoms with Gasteiger partial charge in [0.15, 0.2) is 0 Å². The van der Waals surface area contributed by atoms with Crippen molar-refractivity contribution in [3.8, 4) is 11.1 Å². The van der Waals surface area contributed by atoms with Crippen molar-refractivity contribution in [3.05, 3.63) is 59.2 Å². The van der Waals surface area contributed by atoms with E-state index in [4.69, 9.17) is 5.11 Å². The number of hydrogen-bond acceptors (Lipinski definition) is 2. The van der Waals surface area contributed by atoms with Crippen LogP contribution in [0.15, 0.2) is 42.5 Å². The highest BCUT2D eigenvalue weighted by Gasteiger charge is 2.12. The van der Waals surface area contributed by atoms with Gasteiger partial charge in [-0.05, 0) is 35.7 Å². The summed E-state index contributed by atoms with van der Waals surface area (Å²) < 4.78 is 0. The van der Waals surface area contributed by atoms with Gasteiger partial charge in [0.1, 0.15) is 6.29 Å². The highest BCUT2D eigenvalue weighted by molar-refractivity contribution is 5.96. The first-order chi connectivity index (χ1) is 8.63. The Morgan fingerprint density at radius 3 is 2.44 bits per heavy atom. The molecule has 0 aromatic heterocycles. The van der Waals surface area contributed by atoms with Gasteiger partial charge < -0.3 is 5.11 Å². The molecular formula is C15H12O3. The summed E-state index contributed by atoms with van der Waals surface area (Å²) in [6.45, 7) is 1.86. The molecule has 3 nitrogen and oxygen atoms in total. The zero-order valence-electron chi connectivity index (χ0n) is 9.88. The highest BCUT2D eigenvalue weighted by Crippen LogP contribution is 2.27. The monoisotopic (exact) mass is 240 g/mol. The number of carboxylic acids is 1. The second kappa shape index (κ2) is 4.84. The summed E-state index contributed by atoms with van der Waals surface area (Å²) in [5, 5.41) is 9.16. The summed E-state index contributed by atoms with van der Waals surface area (Å²) in [5.74, 6) is -0.954. The van der Waals surface area contributed by atoms with Crippen LogP contribution in [0.3, 0.4) is 0 Å². The number of carbonyl (C=O) groups excluding carboxylic acids is 1. The minimum atomic E-state index is -0.954. The van der Waals surface area contributed by atoms with Crippen LogP contribution in [0.2, 0.25) is 0 Å². The summed E-state index contributed by atoms with van der Waals surface area (Å²) in [6.07, 6.45) is 0.778. The Balaban J connectivity index is 2.62. The van der Waals surface area contributed by atoms with E-state index in [1.807, 2.05) is 6.92 Å². The average molecular weight is 240 g/mol. The van der Waals surface area contributed by atoms with Gasteiger partial charge in [-0.3, -0.25) is 4.79 Å². The van der Waals surface area contributed by atoms with Gasteiger partial charge in [0, 0.05) is 5.56 Å². The molecule has 0 saturated carbocycles. The zero-order valence-corrected chi connectivity index (χ0v) is 9.88. The highest BCUT2D eigenvalue weighted by atomic mass is 16.4. The maximum Gasteiger partial charge on any atom is 0.336 e. The number of hydrogen-bond donors (Lipinski definition) is 1. The Morgan fingerprint density at radius 1 is 1.11 bits per heavy atom. The summed E-state index contributed by atoms with van der Waals surface area (Å²) >= 11 is 0. The molecule has 0 aliphatic rings. The van der Waals surface area contributed by atoms with Crippen LogP contribution in [0.5, 0.6) is 0 Å². The van der Waals surface area contributed by atoms with E-state index < -0.39 is 5.97 Å². The second-order valence-electron chi connectivity index (χ2n) is 4.04. The normalized spacial score (nSPS) is 10.1. The van der Waals surface area contributed by atoms with Gasteiger partial charge in [-0.25, -0.2) is 4.79 Å². The number of carboxylic acid groups (broad SMARTS) is 1. The lowest BCUT2D eigenvalue weighted by Gasteiger charge is -2.09. The number of aromatic carboxylic acids is 1. The van der Waals surface area contributed by atoms with Crippen LogP contribution < -0.4 is 0 Å². The van der Waals surface area contributed by atoms with E-state index in [0.29, 0.717) is 11.1 Å². The molecule has 0 spiro atoms. The molecular weight excluding hydrogens is 228 g/mol. The topological polar surface area (TPSA) is 54.4 Å². The van der Waals surface area contributed by atoms with Gasteiger partial charge in [-0.2, -0.15) is 0 Å². The van der Waals surface area contributed by atoms with E-state index in [-0.39, 0.29) is 5.56 Å². The molecule has 2 rings (SSSR count). The molecule has 90 valence electrons. The molecule has 0 fully saturated rings. The minimum Gasteiger partial charge on any atom is -0.478 e. The number of rotatable bonds is 3. The molecule has 2 aromatic carbocycles. The number of aldehydes is 1. The van der Waals surface area contributed by atoms with Gasteiger partial charge in [-0.1, -0.05) is 30.3 Å². The molecule has 1 N–H and O–H groups in total. The van der Waals surface area contributed by atoms with Crippen molar-refractivity contribution in [2.45, 2.75) is 6.92 Å². The van der Waals surface area contributed by atoms with Gasteiger partial charge in [0.2, 0.25) is 0 Å². The van der Waals surface area contributed by atoms with Crippen LogP contribution in [-0.4, -0.2) is 17.4 Å². The molecule has 0 saturated heterocycles. The third-order valence-electron chi connectivity index (χ3n) is 2.83. The Morgan fingerprint density at radius 2 is 1.83 bits per heavy atom. The summed E-state index contributed by atoms with van der Waals surface area (Å²) in [4.78, 5) is 21.9. The van der Waals surface area contributed by atoms with Crippen molar-refractivity contribution >= 4 is 12.3 Å².